The Labute approximate surface area is 86.6 Å². The van der Waals surface area contributed by atoms with E-state index < -0.39 is 12.1 Å². The number of aliphatic hydroxyl groups excluding tert-OH is 1. The van der Waals surface area contributed by atoms with Crippen LogP contribution in [0.25, 0.3) is 0 Å². The molecule has 1 aromatic carbocycles. The Kier molecular flexibility index (Phi) is 4.07. The van der Waals surface area contributed by atoms with Crippen molar-refractivity contribution in [2.24, 2.45) is 0 Å². The zero-order chi connectivity index (χ0) is 10.6. The topological polar surface area (TPSA) is 29.5 Å². The fourth-order valence-electron chi connectivity index (χ4n) is 0.989. The van der Waals surface area contributed by atoms with Gasteiger partial charge in [-0.2, -0.15) is 0 Å². The highest BCUT2D eigenvalue weighted by Crippen LogP contribution is 2.26. The maximum absolute atomic E-state index is 13.2. The van der Waals surface area contributed by atoms with Gasteiger partial charge < -0.3 is 9.84 Å². The average Bonchev–Trinajstić information content (AvgIpc) is 2.14. The SMILES string of the molecule is C=CCOC(O)c1c(F)cccc1Cl. The lowest BCUT2D eigenvalue weighted by atomic mass is 10.2. The van der Waals surface area contributed by atoms with Crippen LogP contribution in [-0.2, 0) is 4.74 Å². The van der Waals surface area contributed by atoms with Crippen molar-refractivity contribution in [3.8, 4) is 0 Å². The van der Waals surface area contributed by atoms with Crippen LogP contribution in [-0.4, -0.2) is 11.7 Å². The van der Waals surface area contributed by atoms with E-state index in [1.54, 1.807) is 0 Å². The molecule has 0 amide bonds. The van der Waals surface area contributed by atoms with Crippen molar-refractivity contribution in [1.29, 1.82) is 0 Å². The minimum atomic E-state index is -1.36. The van der Waals surface area contributed by atoms with E-state index in [4.69, 9.17) is 16.3 Å². The van der Waals surface area contributed by atoms with E-state index in [1.807, 2.05) is 0 Å². The van der Waals surface area contributed by atoms with E-state index in [9.17, 15) is 9.50 Å². The molecule has 1 aromatic rings. The Morgan fingerprint density at radius 2 is 2.36 bits per heavy atom. The Hall–Kier alpha value is -0.900. The van der Waals surface area contributed by atoms with E-state index in [2.05, 4.69) is 6.58 Å². The zero-order valence-corrected chi connectivity index (χ0v) is 8.17. The van der Waals surface area contributed by atoms with Crippen LogP contribution in [0.5, 0.6) is 0 Å². The van der Waals surface area contributed by atoms with Crippen LogP contribution in [0.4, 0.5) is 4.39 Å². The van der Waals surface area contributed by atoms with E-state index in [1.165, 1.54) is 24.3 Å². The first-order valence-electron chi connectivity index (χ1n) is 4.01. The maximum Gasteiger partial charge on any atom is 0.185 e. The summed E-state index contributed by atoms with van der Waals surface area (Å²) in [6.45, 7) is 3.54. The third-order valence-corrected chi connectivity index (χ3v) is 1.95. The largest absolute Gasteiger partial charge is 0.364 e. The van der Waals surface area contributed by atoms with E-state index in [0.717, 1.165) is 0 Å². The molecule has 0 saturated carbocycles. The molecular weight excluding hydrogens is 207 g/mol. The van der Waals surface area contributed by atoms with Crippen LogP contribution < -0.4 is 0 Å². The second kappa shape index (κ2) is 5.10. The minimum absolute atomic E-state index is 0.0454. The van der Waals surface area contributed by atoms with Crippen molar-refractivity contribution < 1.29 is 14.2 Å². The third kappa shape index (κ3) is 2.54. The average molecular weight is 217 g/mol. The van der Waals surface area contributed by atoms with Crippen LogP contribution >= 0.6 is 11.6 Å². The molecule has 0 radical (unpaired) electrons. The summed E-state index contributed by atoms with van der Waals surface area (Å²) in [6, 6.07) is 4.16. The molecule has 76 valence electrons. The molecule has 1 rings (SSSR count). The maximum atomic E-state index is 13.2. The Morgan fingerprint density at radius 1 is 1.64 bits per heavy atom. The summed E-state index contributed by atoms with van der Waals surface area (Å²) in [6.07, 6.45) is 0.0968. The summed E-state index contributed by atoms with van der Waals surface area (Å²) in [5.74, 6) is -0.589. The molecule has 0 heterocycles. The normalized spacial score (nSPS) is 12.5. The second-order valence-corrected chi connectivity index (χ2v) is 3.02. The lowest BCUT2D eigenvalue weighted by Gasteiger charge is -2.12. The predicted octanol–water partition coefficient (Wildman–Crippen LogP) is 2.67. The van der Waals surface area contributed by atoms with Crippen molar-refractivity contribution in [3.63, 3.8) is 0 Å². The summed E-state index contributed by atoms with van der Waals surface area (Å²) in [7, 11) is 0. The molecule has 0 saturated heterocycles. The van der Waals surface area contributed by atoms with Gasteiger partial charge in [0.2, 0.25) is 0 Å². The predicted molar refractivity (Wildman–Crippen MR) is 52.5 cm³/mol. The van der Waals surface area contributed by atoms with E-state index in [0.29, 0.717) is 0 Å². The van der Waals surface area contributed by atoms with Gasteiger partial charge in [0.25, 0.3) is 0 Å². The Balaban J connectivity index is 2.87. The van der Waals surface area contributed by atoms with Crippen molar-refractivity contribution in [1.82, 2.24) is 0 Å². The second-order valence-electron chi connectivity index (χ2n) is 2.61. The van der Waals surface area contributed by atoms with Gasteiger partial charge in [0.05, 0.1) is 17.2 Å². The number of halogens is 2. The van der Waals surface area contributed by atoms with Gasteiger partial charge in [-0.15, -0.1) is 6.58 Å². The van der Waals surface area contributed by atoms with Gasteiger partial charge in [-0.25, -0.2) is 4.39 Å². The van der Waals surface area contributed by atoms with Gasteiger partial charge >= 0.3 is 0 Å². The quantitative estimate of drug-likeness (QED) is 0.620. The number of benzene rings is 1. The first-order valence-corrected chi connectivity index (χ1v) is 4.39. The lowest BCUT2D eigenvalue weighted by molar-refractivity contribution is -0.0939. The van der Waals surface area contributed by atoms with Gasteiger partial charge in [-0.3, -0.25) is 0 Å². The van der Waals surface area contributed by atoms with Crippen molar-refractivity contribution in [2.75, 3.05) is 6.61 Å². The van der Waals surface area contributed by atoms with Crippen LogP contribution in [0.3, 0.4) is 0 Å². The van der Waals surface area contributed by atoms with Gasteiger partial charge in [0, 0.05) is 0 Å². The molecule has 4 heteroatoms. The highest BCUT2D eigenvalue weighted by atomic mass is 35.5. The molecule has 1 atom stereocenters. The minimum Gasteiger partial charge on any atom is -0.364 e. The fourth-order valence-corrected chi connectivity index (χ4v) is 1.25. The summed E-state index contributed by atoms with van der Waals surface area (Å²) in [5.41, 5.74) is -0.0454. The first kappa shape index (κ1) is 11.2. The molecule has 0 aromatic heterocycles. The molecule has 0 spiro atoms. The molecule has 1 unspecified atom stereocenters. The number of rotatable bonds is 4. The molecule has 1 N–H and O–H groups in total. The molecule has 0 aliphatic heterocycles. The fraction of sp³-hybridized carbons (Fsp3) is 0.200. The summed E-state index contributed by atoms with van der Waals surface area (Å²) >= 11 is 5.70. The van der Waals surface area contributed by atoms with Crippen LogP contribution in [0.2, 0.25) is 5.02 Å². The van der Waals surface area contributed by atoms with Crippen molar-refractivity contribution >= 4 is 11.6 Å². The highest BCUT2D eigenvalue weighted by molar-refractivity contribution is 6.31. The molecule has 0 aliphatic rings. The van der Waals surface area contributed by atoms with Crippen molar-refractivity contribution in [2.45, 2.75) is 6.29 Å². The van der Waals surface area contributed by atoms with Crippen LogP contribution in [0.1, 0.15) is 11.9 Å². The third-order valence-electron chi connectivity index (χ3n) is 1.62. The van der Waals surface area contributed by atoms with Gasteiger partial charge in [0.15, 0.2) is 6.29 Å². The lowest BCUT2D eigenvalue weighted by Crippen LogP contribution is -2.06. The molecule has 14 heavy (non-hydrogen) atoms. The highest BCUT2D eigenvalue weighted by Gasteiger charge is 2.16. The molecule has 0 aliphatic carbocycles. The molecule has 0 fully saturated rings. The Bertz CT molecular complexity index is 308. The van der Waals surface area contributed by atoms with Crippen molar-refractivity contribution in [3.05, 3.63) is 47.3 Å². The van der Waals surface area contributed by atoms with Gasteiger partial charge in [-0.05, 0) is 12.1 Å². The van der Waals surface area contributed by atoms with E-state index >= 15 is 0 Å². The monoisotopic (exact) mass is 216 g/mol. The molecular formula is C10H10ClFO2. The smallest absolute Gasteiger partial charge is 0.185 e. The summed E-state index contributed by atoms with van der Waals surface area (Å²) in [5, 5.41) is 9.56. The number of hydrogen-bond donors (Lipinski definition) is 1. The van der Waals surface area contributed by atoms with Crippen LogP contribution in [0.15, 0.2) is 30.9 Å². The summed E-state index contributed by atoms with van der Waals surface area (Å²) in [4.78, 5) is 0. The standard InChI is InChI=1S/C10H10ClFO2/c1-2-6-14-10(13)9-7(11)4-3-5-8(9)12/h2-5,10,13H,1,6H2. The number of aliphatic hydroxyl groups is 1. The molecule has 0 bridgehead atoms. The van der Waals surface area contributed by atoms with Gasteiger partial charge in [0.1, 0.15) is 5.82 Å². The first-order chi connectivity index (χ1) is 6.66. The van der Waals surface area contributed by atoms with Gasteiger partial charge in [-0.1, -0.05) is 23.7 Å². The van der Waals surface area contributed by atoms with E-state index in [-0.39, 0.29) is 17.2 Å². The molecule has 2 nitrogen and oxygen atoms in total. The van der Waals surface area contributed by atoms with Crippen LogP contribution in [0, 0.1) is 5.82 Å². The number of hydrogen-bond acceptors (Lipinski definition) is 2. The zero-order valence-electron chi connectivity index (χ0n) is 7.41. The number of ether oxygens (including phenoxy) is 1. The Morgan fingerprint density at radius 3 is 2.93 bits per heavy atom. The summed E-state index contributed by atoms with van der Waals surface area (Å²) < 4.78 is 18.0.